The van der Waals surface area contributed by atoms with Crippen molar-refractivity contribution < 1.29 is 9.90 Å². The maximum atomic E-state index is 10.8. The molecule has 3 aromatic rings. The van der Waals surface area contributed by atoms with E-state index in [4.69, 9.17) is 5.11 Å². The molecule has 106 valence electrons. The number of carbonyl (C=O) groups is 1. The number of imidazole rings is 1. The van der Waals surface area contributed by atoms with Crippen LogP contribution in [0.2, 0.25) is 0 Å². The molecule has 1 N–H and O–H groups in total. The Morgan fingerprint density at radius 1 is 1.38 bits per heavy atom. The lowest BCUT2D eigenvalue weighted by Gasteiger charge is -2.08. The first kappa shape index (κ1) is 14.1. The molecule has 3 rings (SSSR count). The first-order chi connectivity index (χ1) is 10.1. The number of hydrogen-bond donors (Lipinski definition) is 1. The van der Waals surface area contributed by atoms with Crippen LogP contribution in [0.5, 0.6) is 0 Å². The number of rotatable bonds is 4. The van der Waals surface area contributed by atoms with Crippen molar-refractivity contribution in [2.45, 2.75) is 5.16 Å². The van der Waals surface area contributed by atoms with Gasteiger partial charge in [0.2, 0.25) is 0 Å². The standard InChI is InChI=1S/C14H10BrN3O2S/c15-9-2-1-3-10(6-9)18-12-4-5-16-7-11(12)17-14(18)21-8-13(19)20/h1-7H,8H2,(H,19,20). The van der Waals surface area contributed by atoms with Gasteiger partial charge in [0, 0.05) is 16.4 Å². The van der Waals surface area contributed by atoms with Gasteiger partial charge in [-0.15, -0.1) is 0 Å². The van der Waals surface area contributed by atoms with Crippen LogP contribution in [-0.2, 0) is 4.79 Å². The van der Waals surface area contributed by atoms with Crippen molar-refractivity contribution in [3.63, 3.8) is 0 Å². The normalized spacial score (nSPS) is 10.9. The molecule has 0 unspecified atom stereocenters. The second-order valence-electron chi connectivity index (χ2n) is 4.26. The summed E-state index contributed by atoms with van der Waals surface area (Å²) in [6.45, 7) is 0. The molecule has 0 saturated carbocycles. The van der Waals surface area contributed by atoms with E-state index in [1.165, 1.54) is 11.8 Å². The van der Waals surface area contributed by atoms with Gasteiger partial charge in [-0.3, -0.25) is 14.3 Å². The van der Waals surface area contributed by atoms with Crippen LogP contribution in [0.25, 0.3) is 16.7 Å². The Labute approximate surface area is 133 Å². The van der Waals surface area contributed by atoms with Crippen molar-refractivity contribution in [2.24, 2.45) is 0 Å². The summed E-state index contributed by atoms with van der Waals surface area (Å²) < 4.78 is 2.89. The molecule has 0 saturated heterocycles. The molecule has 2 aromatic heterocycles. The topological polar surface area (TPSA) is 68.0 Å². The summed E-state index contributed by atoms with van der Waals surface area (Å²) in [4.78, 5) is 19.4. The summed E-state index contributed by atoms with van der Waals surface area (Å²) in [7, 11) is 0. The van der Waals surface area contributed by atoms with Crippen LogP contribution in [0.15, 0.2) is 52.4 Å². The van der Waals surface area contributed by atoms with E-state index in [0.717, 1.165) is 21.2 Å². The van der Waals surface area contributed by atoms with Gasteiger partial charge in [0.15, 0.2) is 5.16 Å². The van der Waals surface area contributed by atoms with Gasteiger partial charge in [-0.25, -0.2) is 4.98 Å². The minimum absolute atomic E-state index is 0.0370. The predicted molar refractivity (Wildman–Crippen MR) is 84.9 cm³/mol. The number of hydrogen-bond acceptors (Lipinski definition) is 4. The van der Waals surface area contributed by atoms with Crippen LogP contribution in [-0.4, -0.2) is 31.4 Å². The van der Waals surface area contributed by atoms with Crippen molar-refractivity contribution in [2.75, 3.05) is 5.75 Å². The molecular formula is C14H10BrN3O2S. The zero-order valence-corrected chi connectivity index (χ0v) is 13.1. The molecule has 0 fully saturated rings. The third kappa shape index (κ3) is 2.93. The Balaban J connectivity index is 2.17. The number of carboxylic acid groups (broad SMARTS) is 1. The van der Waals surface area contributed by atoms with Crippen LogP contribution < -0.4 is 0 Å². The molecule has 0 amide bonds. The maximum absolute atomic E-state index is 10.8. The zero-order chi connectivity index (χ0) is 14.8. The predicted octanol–water partition coefficient (Wildman–Crippen LogP) is 3.36. The summed E-state index contributed by atoms with van der Waals surface area (Å²) in [5.41, 5.74) is 2.56. The van der Waals surface area contributed by atoms with E-state index in [-0.39, 0.29) is 5.75 Å². The molecule has 1 aromatic carbocycles. The summed E-state index contributed by atoms with van der Waals surface area (Å²) in [5.74, 6) is -0.906. The number of carboxylic acids is 1. The summed E-state index contributed by atoms with van der Waals surface area (Å²) in [5, 5.41) is 9.52. The van der Waals surface area contributed by atoms with Crippen molar-refractivity contribution in [1.29, 1.82) is 0 Å². The fourth-order valence-electron chi connectivity index (χ4n) is 2.00. The van der Waals surface area contributed by atoms with Gasteiger partial charge >= 0.3 is 5.97 Å². The number of aromatic nitrogens is 3. The van der Waals surface area contributed by atoms with Crippen LogP contribution in [0.1, 0.15) is 0 Å². The highest BCUT2D eigenvalue weighted by atomic mass is 79.9. The van der Waals surface area contributed by atoms with Crippen molar-refractivity contribution >= 4 is 44.7 Å². The molecular weight excluding hydrogens is 354 g/mol. The second-order valence-corrected chi connectivity index (χ2v) is 6.11. The van der Waals surface area contributed by atoms with Gasteiger partial charge in [-0.1, -0.05) is 33.8 Å². The number of aliphatic carboxylic acids is 1. The van der Waals surface area contributed by atoms with E-state index in [0.29, 0.717) is 5.16 Å². The highest BCUT2D eigenvalue weighted by molar-refractivity contribution is 9.10. The molecule has 0 atom stereocenters. The molecule has 0 aliphatic carbocycles. The highest BCUT2D eigenvalue weighted by Crippen LogP contribution is 2.28. The van der Waals surface area contributed by atoms with Crippen LogP contribution in [0.3, 0.4) is 0 Å². The van der Waals surface area contributed by atoms with E-state index in [1.807, 2.05) is 34.9 Å². The first-order valence-corrected chi connectivity index (χ1v) is 7.86. The third-order valence-corrected chi connectivity index (χ3v) is 4.23. The average molecular weight is 364 g/mol. The first-order valence-electron chi connectivity index (χ1n) is 6.08. The van der Waals surface area contributed by atoms with Crippen molar-refractivity contribution in [1.82, 2.24) is 14.5 Å². The molecule has 7 heteroatoms. The van der Waals surface area contributed by atoms with Gasteiger partial charge in [0.1, 0.15) is 5.52 Å². The highest BCUT2D eigenvalue weighted by Gasteiger charge is 2.14. The van der Waals surface area contributed by atoms with Crippen LogP contribution >= 0.6 is 27.7 Å². The van der Waals surface area contributed by atoms with E-state index in [1.54, 1.807) is 12.4 Å². The Kier molecular flexibility index (Phi) is 3.94. The monoisotopic (exact) mass is 363 g/mol. The Hall–Kier alpha value is -1.86. The molecule has 0 radical (unpaired) electrons. The minimum atomic E-state index is -0.869. The van der Waals surface area contributed by atoms with Crippen molar-refractivity contribution in [3.05, 3.63) is 47.2 Å². The number of nitrogens with zero attached hydrogens (tertiary/aromatic N) is 3. The van der Waals surface area contributed by atoms with Gasteiger partial charge < -0.3 is 5.11 Å². The Bertz CT molecular complexity index is 819. The lowest BCUT2D eigenvalue weighted by molar-refractivity contribution is -0.133. The zero-order valence-electron chi connectivity index (χ0n) is 10.7. The fraction of sp³-hybridized carbons (Fsp3) is 0.0714. The molecule has 0 bridgehead atoms. The molecule has 2 heterocycles. The number of benzene rings is 1. The quantitative estimate of drug-likeness (QED) is 0.719. The summed E-state index contributed by atoms with van der Waals surface area (Å²) >= 11 is 4.64. The molecule has 0 spiro atoms. The third-order valence-electron chi connectivity index (χ3n) is 2.82. The van der Waals surface area contributed by atoms with E-state index in [2.05, 4.69) is 25.9 Å². The number of fused-ring (bicyclic) bond motifs is 1. The van der Waals surface area contributed by atoms with Gasteiger partial charge in [-0.2, -0.15) is 0 Å². The lowest BCUT2D eigenvalue weighted by Crippen LogP contribution is -2.01. The number of halogens is 1. The largest absolute Gasteiger partial charge is 0.481 e. The summed E-state index contributed by atoms with van der Waals surface area (Å²) in [6, 6.07) is 9.66. The molecule has 21 heavy (non-hydrogen) atoms. The van der Waals surface area contributed by atoms with E-state index >= 15 is 0 Å². The van der Waals surface area contributed by atoms with Gasteiger partial charge in [-0.05, 0) is 24.3 Å². The maximum Gasteiger partial charge on any atom is 0.313 e. The summed E-state index contributed by atoms with van der Waals surface area (Å²) in [6.07, 6.45) is 3.37. The van der Waals surface area contributed by atoms with Crippen molar-refractivity contribution in [3.8, 4) is 5.69 Å². The number of thioether (sulfide) groups is 1. The van der Waals surface area contributed by atoms with Crippen LogP contribution in [0, 0.1) is 0 Å². The molecule has 0 aliphatic heterocycles. The SMILES string of the molecule is O=C(O)CSc1nc2cnccc2n1-c1cccc(Br)c1. The molecule has 5 nitrogen and oxygen atoms in total. The lowest BCUT2D eigenvalue weighted by atomic mass is 10.3. The number of pyridine rings is 1. The van der Waals surface area contributed by atoms with Gasteiger partial charge in [0.25, 0.3) is 0 Å². The minimum Gasteiger partial charge on any atom is -0.481 e. The average Bonchev–Trinajstić information content (AvgIpc) is 2.83. The van der Waals surface area contributed by atoms with E-state index < -0.39 is 5.97 Å². The van der Waals surface area contributed by atoms with Crippen LogP contribution in [0.4, 0.5) is 0 Å². The molecule has 0 aliphatic rings. The second kappa shape index (κ2) is 5.87. The van der Waals surface area contributed by atoms with Gasteiger partial charge in [0.05, 0.1) is 17.5 Å². The Morgan fingerprint density at radius 2 is 2.24 bits per heavy atom. The Morgan fingerprint density at radius 3 is 3.00 bits per heavy atom. The van der Waals surface area contributed by atoms with E-state index in [9.17, 15) is 4.79 Å². The fourth-order valence-corrected chi connectivity index (χ4v) is 3.13. The smallest absolute Gasteiger partial charge is 0.313 e.